The van der Waals surface area contributed by atoms with Gasteiger partial charge in [0.05, 0.1) is 18.2 Å². The lowest BCUT2D eigenvalue weighted by Gasteiger charge is -2.33. The second-order valence-electron chi connectivity index (χ2n) is 7.14. The first kappa shape index (κ1) is 17.9. The van der Waals surface area contributed by atoms with Crippen molar-refractivity contribution in [3.05, 3.63) is 29.6 Å². The predicted octanol–water partition coefficient (Wildman–Crippen LogP) is 2.41. The monoisotopic (exact) mass is 347 g/mol. The van der Waals surface area contributed by atoms with Gasteiger partial charge >= 0.3 is 0 Å². The normalized spacial score (nSPS) is 21.4. The molecule has 2 aliphatic rings. The highest BCUT2D eigenvalue weighted by Gasteiger charge is 2.31. The van der Waals surface area contributed by atoms with E-state index in [9.17, 15) is 14.0 Å². The molecule has 0 spiro atoms. The Bertz CT molecular complexity index is 644. The molecule has 3 rings (SSSR count). The van der Waals surface area contributed by atoms with Crippen LogP contribution in [-0.4, -0.2) is 54.3 Å². The summed E-state index contributed by atoms with van der Waals surface area (Å²) in [6.07, 6.45) is 3.98. The van der Waals surface area contributed by atoms with Gasteiger partial charge in [-0.05, 0) is 56.8 Å². The highest BCUT2D eigenvalue weighted by atomic mass is 19.1. The molecule has 5 nitrogen and oxygen atoms in total. The molecule has 1 N–H and O–H groups in total. The first-order chi connectivity index (χ1) is 12.0. The van der Waals surface area contributed by atoms with E-state index in [1.807, 2.05) is 16.7 Å². The van der Waals surface area contributed by atoms with E-state index < -0.39 is 5.82 Å². The van der Waals surface area contributed by atoms with Crippen molar-refractivity contribution in [2.75, 3.05) is 38.0 Å². The van der Waals surface area contributed by atoms with Crippen LogP contribution < -0.4 is 5.32 Å². The van der Waals surface area contributed by atoms with Gasteiger partial charge in [-0.1, -0.05) is 6.07 Å². The number of aryl methyl sites for hydroxylation is 1. The molecule has 0 unspecified atom stereocenters. The van der Waals surface area contributed by atoms with Gasteiger partial charge in [-0.3, -0.25) is 14.5 Å². The molecule has 25 heavy (non-hydrogen) atoms. The van der Waals surface area contributed by atoms with Crippen LogP contribution in [-0.2, 0) is 9.59 Å². The molecule has 2 amide bonds. The van der Waals surface area contributed by atoms with Gasteiger partial charge in [0, 0.05) is 19.6 Å². The fraction of sp³-hybridized carbons (Fsp3) is 0.579. The van der Waals surface area contributed by atoms with E-state index in [1.54, 1.807) is 12.1 Å². The SMILES string of the molecule is Cc1ccc(F)c(NC(=O)CN2CCC[C@H](C(=O)N3CCCC3)C2)c1. The highest BCUT2D eigenvalue weighted by Crippen LogP contribution is 2.21. The van der Waals surface area contributed by atoms with Crippen LogP contribution in [0.3, 0.4) is 0 Å². The van der Waals surface area contributed by atoms with Gasteiger partial charge in [0.2, 0.25) is 11.8 Å². The largest absolute Gasteiger partial charge is 0.342 e. The van der Waals surface area contributed by atoms with E-state index in [2.05, 4.69) is 5.32 Å². The van der Waals surface area contributed by atoms with E-state index in [1.165, 1.54) is 6.07 Å². The summed E-state index contributed by atoms with van der Waals surface area (Å²) in [4.78, 5) is 28.8. The molecule has 6 heteroatoms. The molecular formula is C19H26FN3O2. The smallest absolute Gasteiger partial charge is 0.238 e. The zero-order chi connectivity index (χ0) is 17.8. The Hall–Kier alpha value is -1.95. The molecule has 0 saturated carbocycles. The molecule has 2 saturated heterocycles. The fourth-order valence-corrected chi connectivity index (χ4v) is 3.72. The number of nitrogens with zero attached hydrogens (tertiary/aromatic N) is 2. The second kappa shape index (κ2) is 7.95. The molecule has 0 radical (unpaired) electrons. The van der Waals surface area contributed by atoms with Gasteiger partial charge in [0.15, 0.2) is 0 Å². The van der Waals surface area contributed by atoms with Crippen LogP contribution >= 0.6 is 0 Å². The maximum absolute atomic E-state index is 13.8. The lowest BCUT2D eigenvalue weighted by molar-refractivity contribution is -0.136. The molecular weight excluding hydrogens is 321 g/mol. The molecule has 0 aliphatic carbocycles. The average molecular weight is 347 g/mol. The first-order valence-electron chi connectivity index (χ1n) is 9.10. The molecule has 2 aliphatic heterocycles. The Labute approximate surface area is 148 Å². The standard InChI is InChI=1S/C19H26FN3O2/c1-14-6-7-16(20)17(11-14)21-18(24)13-22-8-4-5-15(12-22)19(25)23-9-2-3-10-23/h6-7,11,15H,2-5,8-10,12-13H2,1H3,(H,21,24)/t15-/m0/s1. The molecule has 136 valence electrons. The van der Waals surface area contributed by atoms with Crippen LogP contribution in [0.1, 0.15) is 31.2 Å². The number of carbonyl (C=O) groups is 2. The number of likely N-dealkylation sites (tertiary alicyclic amines) is 2. The third-order valence-electron chi connectivity index (χ3n) is 5.04. The van der Waals surface area contributed by atoms with E-state index in [0.717, 1.165) is 50.9 Å². The number of halogens is 1. The quantitative estimate of drug-likeness (QED) is 0.910. The molecule has 0 aromatic heterocycles. The Kier molecular flexibility index (Phi) is 5.68. The summed E-state index contributed by atoms with van der Waals surface area (Å²) in [5, 5.41) is 2.65. The summed E-state index contributed by atoms with van der Waals surface area (Å²) in [6.45, 7) is 5.18. The maximum Gasteiger partial charge on any atom is 0.238 e. The number of benzene rings is 1. The van der Waals surface area contributed by atoms with Gasteiger partial charge in [-0.25, -0.2) is 4.39 Å². The van der Waals surface area contributed by atoms with Crippen molar-refractivity contribution in [2.45, 2.75) is 32.6 Å². The first-order valence-corrected chi connectivity index (χ1v) is 9.10. The number of hydrogen-bond acceptors (Lipinski definition) is 3. The van der Waals surface area contributed by atoms with Crippen LogP contribution in [0.15, 0.2) is 18.2 Å². The van der Waals surface area contributed by atoms with Crippen molar-refractivity contribution in [1.82, 2.24) is 9.80 Å². The average Bonchev–Trinajstić information content (AvgIpc) is 3.12. The van der Waals surface area contributed by atoms with Crippen molar-refractivity contribution in [2.24, 2.45) is 5.92 Å². The van der Waals surface area contributed by atoms with Crippen molar-refractivity contribution in [1.29, 1.82) is 0 Å². The second-order valence-corrected chi connectivity index (χ2v) is 7.14. The summed E-state index contributed by atoms with van der Waals surface area (Å²) in [6, 6.07) is 4.66. The van der Waals surface area contributed by atoms with E-state index in [-0.39, 0.29) is 30.0 Å². The number of piperidine rings is 1. The predicted molar refractivity (Wildman–Crippen MR) is 94.7 cm³/mol. The van der Waals surface area contributed by atoms with Crippen LogP contribution in [0.4, 0.5) is 10.1 Å². The number of hydrogen-bond donors (Lipinski definition) is 1. The molecule has 1 aromatic carbocycles. The van der Waals surface area contributed by atoms with Crippen molar-refractivity contribution < 1.29 is 14.0 Å². The number of amides is 2. The molecule has 0 bridgehead atoms. The third kappa shape index (κ3) is 4.57. The zero-order valence-electron chi connectivity index (χ0n) is 14.8. The molecule has 1 atom stereocenters. The Morgan fingerprint density at radius 3 is 2.72 bits per heavy atom. The van der Waals surface area contributed by atoms with Gasteiger partial charge in [-0.15, -0.1) is 0 Å². The summed E-state index contributed by atoms with van der Waals surface area (Å²) in [5.74, 6) is -0.457. The van der Waals surface area contributed by atoms with Gasteiger partial charge in [0.25, 0.3) is 0 Å². The summed E-state index contributed by atoms with van der Waals surface area (Å²) in [5.41, 5.74) is 1.11. The van der Waals surface area contributed by atoms with Gasteiger partial charge in [0.1, 0.15) is 5.82 Å². The Morgan fingerprint density at radius 2 is 1.96 bits per heavy atom. The van der Waals surface area contributed by atoms with Crippen molar-refractivity contribution >= 4 is 17.5 Å². The summed E-state index contributed by atoms with van der Waals surface area (Å²) < 4.78 is 13.8. The lowest BCUT2D eigenvalue weighted by Crippen LogP contribution is -2.46. The third-order valence-corrected chi connectivity index (χ3v) is 5.04. The number of rotatable bonds is 4. The fourth-order valence-electron chi connectivity index (χ4n) is 3.72. The summed E-state index contributed by atoms with van der Waals surface area (Å²) in [7, 11) is 0. The minimum atomic E-state index is -0.431. The molecule has 2 heterocycles. The Balaban J connectivity index is 1.54. The highest BCUT2D eigenvalue weighted by molar-refractivity contribution is 5.92. The maximum atomic E-state index is 13.8. The topological polar surface area (TPSA) is 52.7 Å². The van der Waals surface area contributed by atoms with Crippen molar-refractivity contribution in [3.8, 4) is 0 Å². The van der Waals surface area contributed by atoms with Gasteiger partial charge in [-0.2, -0.15) is 0 Å². The van der Waals surface area contributed by atoms with Crippen LogP contribution in [0.2, 0.25) is 0 Å². The van der Waals surface area contributed by atoms with Crippen LogP contribution in [0.25, 0.3) is 0 Å². The zero-order valence-corrected chi connectivity index (χ0v) is 14.8. The number of carbonyl (C=O) groups excluding carboxylic acids is 2. The minimum Gasteiger partial charge on any atom is -0.342 e. The van der Waals surface area contributed by atoms with Crippen LogP contribution in [0.5, 0.6) is 0 Å². The van der Waals surface area contributed by atoms with Gasteiger partial charge < -0.3 is 10.2 Å². The van der Waals surface area contributed by atoms with Crippen molar-refractivity contribution in [3.63, 3.8) is 0 Å². The minimum absolute atomic E-state index is 0.0182. The van der Waals surface area contributed by atoms with Crippen LogP contribution in [0, 0.1) is 18.7 Å². The Morgan fingerprint density at radius 1 is 1.20 bits per heavy atom. The molecule has 2 fully saturated rings. The summed E-state index contributed by atoms with van der Waals surface area (Å²) >= 11 is 0. The van der Waals surface area contributed by atoms with E-state index >= 15 is 0 Å². The van der Waals surface area contributed by atoms with E-state index in [0.29, 0.717) is 6.54 Å². The lowest BCUT2D eigenvalue weighted by atomic mass is 9.96. The van der Waals surface area contributed by atoms with E-state index in [4.69, 9.17) is 0 Å². The molecule has 1 aromatic rings. The number of anilines is 1. The number of nitrogens with one attached hydrogen (secondary N) is 1.